The van der Waals surface area contributed by atoms with Crippen LogP contribution in [-0.4, -0.2) is 18.2 Å². The third kappa shape index (κ3) is 2.63. The average molecular weight is 302 g/mol. The fraction of sp³-hybridized carbons (Fsp3) is 0.182. The van der Waals surface area contributed by atoms with Crippen LogP contribution in [0.25, 0.3) is 0 Å². The molecule has 0 saturated heterocycles. The molecule has 1 aromatic heterocycles. The summed E-state index contributed by atoms with van der Waals surface area (Å²) in [6.07, 6.45) is 1.40. The van der Waals surface area contributed by atoms with E-state index in [-0.39, 0.29) is 12.4 Å². The van der Waals surface area contributed by atoms with E-state index >= 15 is 0 Å². The number of benzene rings is 1. The number of aromatic nitrogens is 2. The van der Waals surface area contributed by atoms with Crippen molar-refractivity contribution in [1.29, 1.82) is 0 Å². The molecule has 0 radical (unpaired) electrons. The predicted octanol–water partition coefficient (Wildman–Crippen LogP) is 0.958. The maximum absolute atomic E-state index is 13.6. The van der Waals surface area contributed by atoms with Gasteiger partial charge in [0, 0.05) is 25.2 Å². The smallest absolute Gasteiger partial charge is 0.265 e. The van der Waals surface area contributed by atoms with Gasteiger partial charge in [0.05, 0.1) is 6.20 Å². The molecule has 0 unspecified atom stereocenters. The second kappa shape index (κ2) is 5.17. The van der Waals surface area contributed by atoms with Gasteiger partial charge in [-0.2, -0.15) is 5.10 Å². The van der Waals surface area contributed by atoms with E-state index in [0.717, 1.165) is 12.1 Å². The first-order valence-electron chi connectivity index (χ1n) is 5.54. The van der Waals surface area contributed by atoms with Crippen LogP contribution in [0.15, 0.2) is 29.3 Å². The highest BCUT2D eigenvalue weighted by atomic mass is 32.2. The van der Waals surface area contributed by atoms with Crippen molar-refractivity contribution >= 4 is 15.8 Å². The van der Waals surface area contributed by atoms with E-state index in [4.69, 9.17) is 5.73 Å². The van der Waals surface area contributed by atoms with Crippen molar-refractivity contribution in [2.24, 2.45) is 12.8 Å². The third-order valence-corrected chi connectivity index (χ3v) is 4.02. The first kappa shape index (κ1) is 14.4. The number of rotatable bonds is 4. The van der Waals surface area contributed by atoms with Gasteiger partial charge < -0.3 is 5.73 Å². The Morgan fingerprint density at radius 3 is 2.70 bits per heavy atom. The lowest BCUT2D eigenvalue weighted by molar-refractivity contribution is 0.550. The van der Waals surface area contributed by atoms with Crippen LogP contribution in [0.5, 0.6) is 0 Å². The average Bonchev–Trinajstić information content (AvgIpc) is 2.69. The predicted molar refractivity (Wildman–Crippen MR) is 68.3 cm³/mol. The summed E-state index contributed by atoms with van der Waals surface area (Å²) in [4.78, 5) is -0.650. The van der Waals surface area contributed by atoms with Crippen molar-refractivity contribution < 1.29 is 17.2 Å². The van der Waals surface area contributed by atoms with Crippen LogP contribution in [0, 0.1) is 11.6 Å². The number of nitrogens with one attached hydrogen (secondary N) is 1. The number of nitrogens with zero attached hydrogens (tertiary/aromatic N) is 2. The molecule has 2 aromatic rings. The summed E-state index contributed by atoms with van der Waals surface area (Å²) < 4.78 is 54.0. The van der Waals surface area contributed by atoms with Crippen molar-refractivity contribution in [3.63, 3.8) is 0 Å². The minimum atomic E-state index is -4.19. The van der Waals surface area contributed by atoms with E-state index < -0.39 is 26.6 Å². The molecule has 0 aliphatic rings. The molecule has 9 heteroatoms. The standard InChI is InChI=1S/C11H12F2N4O2S/c1-17-11(7(5-14)6-15-17)16-20(18,19)10-3-2-8(12)4-9(10)13/h2-4,6,16H,5,14H2,1H3. The van der Waals surface area contributed by atoms with Gasteiger partial charge in [-0.15, -0.1) is 0 Å². The highest BCUT2D eigenvalue weighted by molar-refractivity contribution is 7.92. The maximum atomic E-state index is 13.6. The quantitative estimate of drug-likeness (QED) is 0.880. The summed E-state index contributed by atoms with van der Waals surface area (Å²) >= 11 is 0. The molecule has 108 valence electrons. The van der Waals surface area contributed by atoms with E-state index in [0.29, 0.717) is 11.6 Å². The van der Waals surface area contributed by atoms with Crippen molar-refractivity contribution in [3.05, 3.63) is 41.6 Å². The largest absolute Gasteiger partial charge is 0.326 e. The Labute approximate surface area is 114 Å². The van der Waals surface area contributed by atoms with Gasteiger partial charge in [-0.1, -0.05) is 0 Å². The van der Waals surface area contributed by atoms with Gasteiger partial charge in [0.2, 0.25) is 0 Å². The van der Waals surface area contributed by atoms with Crippen LogP contribution in [0.3, 0.4) is 0 Å². The summed E-state index contributed by atoms with van der Waals surface area (Å²) in [6.45, 7) is 0.0671. The van der Waals surface area contributed by atoms with E-state index in [2.05, 4.69) is 9.82 Å². The lowest BCUT2D eigenvalue weighted by Crippen LogP contribution is -2.18. The first-order chi connectivity index (χ1) is 9.35. The lowest BCUT2D eigenvalue weighted by atomic mass is 10.3. The molecule has 0 aliphatic heterocycles. The van der Waals surface area contributed by atoms with Gasteiger partial charge in [-0.25, -0.2) is 17.2 Å². The summed E-state index contributed by atoms with van der Waals surface area (Å²) in [5.74, 6) is -1.89. The number of hydrogen-bond acceptors (Lipinski definition) is 4. The van der Waals surface area contributed by atoms with Crippen LogP contribution >= 0.6 is 0 Å². The second-order valence-electron chi connectivity index (χ2n) is 4.03. The highest BCUT2D eigenvalue weighted by Gasteiger charge is 2.22. The Bertz CT molecular complexity index is 743. The summed E-state index contributed by atoms with van der Waals surface area (Å²) in [6, 6.07) is 2.22. The van der Waals surface area contributed by atoms with E-state index in [1.165, 1.54) is 17.9 Å². The first-order valence-corrected chi connectivity index (χ1v) is 7.02. The normalized spacial score (nSPS) is 11.6. The Kier molecular flexibility index (Phi) is 3.73. The molecular formula is C11H12F2N4O2S. The minimum Gasteiger partial charge on any atom is -0.326 e. The molecule has 0 fully saturated rings. The number of hydrogen-bond donors (Lipinski definition) is 2. The Hall–Kier alpha value is -2.00. The van der Waals surface area contributed by atoms with Crippen molar-refractivity contribution in [2.45, 2.75) is 11.4 Å². The van der Waals surface area contributed by atoms with E-state index in [1.807, 2.05) is 0 Å². The van der Waals surface area contributed by atoms with E-state index in [1.54, 1.807) is 0 Å². The fourth-order valence-electron chi connectivity index (χ4n) is 1.64. The number of nitrogens with two attached hydrogens (primary N) is 1. The molecule has 20 heavy (non-hydrogen) atoms. The second-order valence-corrected chi connectivity index (χ2v) is 5.68. The van der Waals surface area contributed by atoms with Crippen LogP contribution in [-0.2, 0) is 23.6 Å². The van der Waals surface area contributed by atoms with Crippen molar-refractivity contribution in [1.82, 2.24) is 9.78 Å². The van der Waals surface area contributed by atoms with Crippen LogP contribution in [0.4, 0.5) is 14.6 Å². The Morgan fingerprint density at radius 1 is 1.40 bits per heavy atom. The number of halogens is 2. The van der Waals surface area contributed by atoms with Crippen LogP contribution in [0.2, 0.25) is 0 Å². The highest BCUT2D eigenvalue weighted by Crippen LogP contribution is 2.21. The maximum Gasteiger partial charge on any atom is 0.265 e. The molecule has 0 bridgehead atoms. The zero-order valence-electron chi connectivity index (χ0n) is 10.5. The molecule has 0 saturated carbocycles. The molecule has 1 heterocycles. The SMILES string of the molecule is Cn1ncc(CN)c1NS(=O)(=O)c1ccc(F)cc1F. The van der Waals surface area contributed by atoms with Gasteiger partial charge in [0.25, 0.3) is 10.0 Å². The minimum absolute atomic E-state index is 0.0671. The summed E-state index contributed by atoms with van der Waals surface area (Å²) in [5, 5.41) is 3.86. The Morgan fingerprint density at radius 2 is 2.10 bits per heavy atom. The topological polar surface area (TPSA) is 90.0 Å². The molecule has 6 nitrogen and oxygen atoms in total. The molecular weight excluding hydrogens is 290 g/mol. The molecule has 1 aromatic carbocycles. The van der Waals surface area contributed by atoms with Crippen molar-refractivity contribution in [3.8, 4) is 0 Å². The van der Waals surface area contributed by atoms with Gasteiger partial charge in [-0.3, -0.25) is 9.40 Å². The number of sulfonamides is 1. The van der Waals surface area contributed by atoms with E-state index in [9.17, 15) is 17.2 Å². The molecule has 3 N–H and O–H groups in total. The van der Waals surface area contributed by atoms with Crippen LogP contribution in [0.1, 0.15) is 5.56 Å². The Balaban J connectivity index is 2.43. The summed E-state index contributed by atoms with van der Waals surface area (Å²) in [5.41, 5.74) is 5.92. The third-order valence-electron chi connectivity index (χ3n) is 2.65. The zero-order chi connectivity index (χ0) is 14.9. The number of aryl methyl sites for hydroxylation is 1. The lowest BCUT2D eigenvalue weighted by Gasteiger charge is -2.10. The monoisotopic (exact) mass is 302 g/mol. The van der Waals surface area contributed by atoms with Gasteiger partial charge in [0.1, 0.15) is 22.3 Å². The molecule has 2 rings (SSSR count). The van der Waals surface area contributed by atoms with Gasteiger partial charge >= 0.3 is 0 Å². The molecule has 0 spiro atoms. The molecule has 0 amide bonds. The van der Waals surface area contributed by atoms with Gasteiger partial charge in [-0.05, 0) is 12.1 Å². The fourth-order valence-corrected chi connectivity index (χ4v) is 2.83. The summed E-state index contributed by atoms with van der Waals surface area (Å²) in [7, 11) is -2.68. The zero-order valence-corrected chi connectivity index (χ0v) is 11.3. The van der Waals surface area contributed by atoms with Crippen LogP contribution < -0.4 is 10.5 Å². The van der Waals surface area contributed by atoms with Gasteiger partial charge in [0.15, 0.2) is 0 Å². The molecule has 0 atom stereocenters. The molecule has 0 aliphatic carbocycles. The van der Waals surface area contributed by atoms with Crippen molar-refractivity contribution in [2.75, 3.05) is 4.72 Å². The number of anilines is 1.